The summed E-state index contributed by atoms with van der Waals surface area (Å²) in [6, 6.07) is 0.820. The molecule has 0 N–H and O–H groups in total. The van der Waals surface area contributed by atoms with Gasteiger partial charge < -0.3 is 9.13 Å². The molecule has 1 saturated heterocycles. The van der Waals surface area contributed by atoms with Gasteiger partial charge in [-0.2, -0.15) is 0 Å². The molecule has 0 radical (unpaired) electrons. The highest BCUT2D eigenvalue weighted by molar-refractivity contribution is 6.87. The third kappa shape index (κ3) is 5.72. The molecule has 4 heteroatoms. The minimum absolute atomic E-state index is 0.402. The molecule has 2 nitrogen and oxygen atoms in total. The smallest absolute Gasteiger partial charge is 0.383 e. The number of unbranched alkanes of at least 4 members (excludes halogenated alkanes) is 9. The van der Waals surface area contributed by atoms with Crippen LogP contribution in [0, 0.1) is 0 Å². The molecule has 0 spiro atoms. The molecule has 1 saturated carbocycles. The van der Waals surface area contributed by atoms with E-state index in [0.717, 1.165) is 12.6 Å². The Morgan fingerprint density at radius 2 is 1.45 bits per heavy atom. The summed E-state index contributed by atoms with van der Waals surface area (Å²) in [6.45, 7) is 18.2. The maximum absolute atomic E-state index is 6.69. The minimum atomic E-state index is -1.51. The van der Waals surface area contributed by atoms with Crippen molar-refractivity contribution < 1.29 is 4.65 Å². The number of hydrogen-bond acceptors (Lipinski definition) is 2. The van der Waals surface area contributed by atoms with E-state index >= 15 is 0 Å². The first kappa shape index (κ1) is 25.5. The minimum Gasteiger partial charge on any atom is -0.421 e. The van der Waals surface area contributed by atoms with E-state index < -0.39 is 8.24 Å². The molecule has 2 fully saturated rings. The lowest BCUT2D eigenvalue weighted by Gasteiger charge is -2.73. The summed E-state index contributed by atoms with van der Waals surface area (Å²) in [7, 11) is -1.09. The van der Waals surface area contributed by atoms with E-state index in [9.17, 15) is 0 Å². The van der Waals surface area contributed by atoms with Gasteiger partial charge in [0.05, 0.1) is 0 Å². The van der Waals surface area contributed by atoms with Crippen molar-refractivity contribution in [2.75, 3.05) is 6.61 Å². The molecule has 1 heterocycles. The summed E-state index contributed by atoms with van der Waals surface area (Å²) in [5.74, 6) is 0. The Labute approximate surface area is 185 Å². The Morgan fingerprint density at radius 3 is 1.90 bits per heavy atom. The van der Waals surface area contributed by atoms with Gasteiger partial charge in [-0.3, -0.25) is 0 Å². The number of fused-ring (bicyclic) bond motifs is 1. The second-order valence-electron chi connectivity index (χ2n) is 11.7. The largest absolute Gasteiger partial charge is 0.421 e. The van der Waals surface area contributed by atoms with E-state index in [-0.39, 0.29) is 0 Å². The SMILES string of the molecule is CCCCCCCCCCCCOB1N([Si](C)(C)C(C)(C)C)[C@@H]2CC[C@]12CCC. The summed E-state index contributed by atoms with van der Waals surface area (Å²) in [6.07, 6.45) is 19.5. The van der Waals surface area contributed by atoms with E-state index in [1.165, 1.54) is 89.9 Å². The quantitative estimate of drug-likeness (QED) is 0.194. The summed E-state index contributed by atoms with van der Waals surface area (Å²) in [5, 5.41) is 0.905. The standard InChI is InChI=1S/C25H52BNOSi/c1-8-10-11-12-13-14-15-16-17-18-22-28-26-25(20-9-2)21-19-23(25)27(26)29(6,7)24(3,4)5/h23H,8-22H2,1-7H3/t23-,25+/m1/s1. The third-order valence-electron chi connectivity index (χ3n) is 8.60. The highest BCUT2D eigenvalue weighted by atomic mass is 28.3. The van der Waals surface area contributed by atoms with Crippen molar-refractivity contribution >= 4 is 15.3 Å². The second-order valence-corrected chi connectivity index (χ2v) is 16.8. The first-order chi connectivity index (χ1) is 13.7. The van der Waals surface area contributed by atoms with Crippen LogP contribution in [0.2, 0.25) is 23.4 Å². The Kier molecular flexibility index (Phi) is 9.82. The van der Waals surface area contributed by atoms with Crippen molar-refractivity contribution in [1.82, 2.24) is 4.48 Å². The second kappa shape index (κ2) is 11.2. The van der Waals surface area contributed by atoms with Crippen LogP contribution < -0.4 is 0 Å². The molecule has 29 heavy (non-hydrogen) atoms. The molecule has 2 rings (SSSR count). The van der Waals surface area contributed by atoms with Gasteiger partial charge in [0, 0.05) is 11.9 Å². The van der Waals surface area contributed by atoms with Gasteiger partial charge in [0.2, 0.25) is 0 Å². The van der Waals surface area contributed by atoms with Crippen molar-refractivity contribution in [3.63, 3.8) is 0 Å². The van der Waals surface area contributed by atoms with Crippen molar-refractivity contribution in [1.29, 1.82) is 0 Å². The Hall–Kier alpha value is 0.202. The van der Waals surface area contributed by atoms with Gasteiger partial charge in [0.1, 0.15) is 8.24 Å². The Morgan fingerprint density at radius 1 is 0.897 bits per heavy atom. The van der Waals surface area contributed by atoms with Crippen LogP contribution >= 0.6 is 0 Å². The summed E-state index contributed by atoms with van der Waals surface area (Å²) in [5.41, 5.74) is 0. The van der Waals surface area contributed by atoms with Crippen molar-refractivity contribution in [3.05, 3.63) is 0 Å². The maximum Gasteiger partial charge on any atom is 0.383 e. The van der Waals surface area contributed by atoms with Gasteiger partial charge >= 0.3 is 7.05 Å². The van der Waals surface area contributed by atoms with Crippen LogP contribution in [-0.4, -0.2) is 32.4 Å². The number of nitrogens with zero attached hydrogens (tertiary/aromatic N) is 1. The molecule has 0 amide bonds. The van der Waals surface area contributed by atoms with Crippen molar-refractivity contribution in [2.24, 2.45) is 0 Å². The lowest BCUT2D eigenvalue weighted by molar-refractivity contribution is 0.0482. The van der Waals surface area contributed by atoms with Gasteiger partial charge in [0.15, 0.2) is 0 Å². The summed E-state index contributed by atoms with van der Waals surface area (Å²) < 4.78 is 9.60. The normalized spacial score (nSPS) is 24.9. The van der Waals surface area contributed by atoms with E-state index in [1.54, 1.807) is 0 Å². The average molecular weight is 422 g/mol. The molecule has 0 aromatic carbocycles. The lowest BCUT2D eigenvalue weighted by atomic mass is 9.32. The molecular weight excluding hydrogens is 369 g/mol. The van der Waals surface area contributed by atoms with Gasteiger partial charge in [-0.25, -0.2) is 0 Å². The molecule has 0 aromatic heterocycles. The van der Waals surface area contributed by atoms with Gasteiger partial charge in [-0.05, 0) is 36.8 Å². The average Bonchev–Trinajstić information content (AvgIpc) is 2.64. The van der Waals surface area contributed by atoms with Crippen molar-refractivity contribution in [3.8, 4) is 0 Å². The topological polar surface area (TPSA) is 12.5 Å². The molecule has 0 bridgehead atoms. The zero-order valence-corrected chi connectivity index (χ0v) is 22.1. The number of rotatable bonds is 15. The molecule has 2 atom stereocenters. The molecule has 1 aliphatic heterocycles. The molecule has 0 aromatic rings. The Balaban J connectivity index is 1.72. The Bertz CT molecular complexity index is 478. The molecular formula is C25H52BNOSi. The first-order valence-electron chi connectivity index (χ1n) is 13.1. The number of hydrogen-bond donors (Lipinski definition) is 0. The molecule has 0 unspecified atom stereocenters. The predicted molar refractivity (Wildman–Crippen MR) is 133 cm³/mol. The maximum atomic E-state index is 6.69. The lowest BCUT2D eigenvalue weighted by Crippen LogP contribution is -2.83. The molecule has 2 aliphatic rings. The predicted octanol–water partition coefficient (Wildman–Crippen LogP) is 8.44. The van der Waals surface area contributed by atoms with E-state index in [4.69, 9.17) is 4.65 Å². The van der Waals surface area contributed by atoms with Crippen LogP contribution in [0.1, 0.15) is 125 Å². The van der Waals surface area contributed by atoms with Crippen LogP contribution in [-0.2, 0) is 4.65 Å². The molecule has 1 aliphatic carbocycles. The van der Waals surface area contributed by atoms with Gasteiger partial charge in [0.25, 0.3) is 0 Å². The fraction of sp³-hybridized carbons (Fsp3) is 1.00. The summed E-state index contributed by atoms with van der Waals surface area (Å²) in [4.78, 5) is 0. The van der Waals surface area contributed by atoms with Crippen LogP contribution in [0.5, 0.6) is 0 Å². The zero-order chi connectivity index (χ0) is 21.5. The fourth-order valence-electron chi connectivity index (χ4n) is 5.69. The monoisotopic (exact) mass is 421 g/mol. The van der Waals surface area contributed by atoms with E-state index in [2.05, 4.69) is 52.2 Å². The fourth-order valence-corrected chi connectivity index (χ4v) is 8.55. The summed E-state index contributed by atoms with van der Waals surface area (Å²) >= 11 is 0. The van der Waals surface area contributed by atoms with Gasteiger partial charge in [-0.1, -0.05) is 112 Å². The van der Waals surface area contributed by atoms with Gasteiger partial charge in [-0.15, -0.1) is 0 Å². The third-order valence-corrected chi connectivity index (χ3v) is 14.1. The first-order valence-corrected chi connectivity index (χ1v) is 16.1. The van der Waals surface area contributed by atoms with Crippen LogP contribution in [0.3, 0.4) is 0 Å². The molecule has 170 valence electrons. The van der Waals surface area contributed by atoms with E-state index in [1.807, 2.05) is 0 Å². The van der Waals surface area contributed by atoms with Crippen LogP contribution in [0.15, 0.2) is 0 Å². The van der Waals surface area contributed by atoms with Crippen LogP contribution in [0.25, 0.3) is 0 Å². The van der Waals surface area contributed by atoms with E-state index in [0.29, 0.717) is 17.4 Å². The van der Waals surface area contributed by atoms with Crippen molar-refractivity contribution in [2.45, 2.75) is 154 Å². The highest BCUT2D eigenvalue weighted by Crippen LogP contribution is 2.67. The van der Waals surface area contributed by atoms with Crippen LogP contribution in [0.4, 0.5) is 0 Å². The highest BCUT2D eigenvalue weighted by Gasteiger charge is 2.72. The zero-order valence-electron chi connectivity index (χ0n) is 21.1.